The second-order valence-electron chi connectivity index (χ2n) is 6.31. The van der Waals surface area contributed by atoms with Gasteiger partial charge in [-0.25, -0.2) is 9.38 Å². The molecule has 0 aliphatic carbocycles. The summed E-state index contributed by atoms with van der Waals surface area (Å²) in [4.78, 5) is 4.58. The van der Waals surface area contributed by atoms with Crippen molar-refractivity contribution < 1.29 is 18.6 Å². The van der Waals surface area contributed by atoms with E-state index in [1.54, 1.807) is 13.2 Å². The minimum Gasteiger partial charge on any atom is -0.497 e. The Balaban J connectivity index is 1.98. The van der Waals surface area contributed by atoms with Crippen molar-refractivity contribution in [3.63, 3.8) is 0 Å². The molecule has 7 heteroatoms. The van der Waals surface area contributed by atoms with E-state index < -0.39 is 5.82 Å². The van der Waals surface area contributed by atoms with Gasteiger partial charge < -0.3 is 24.8 Å². The topological polar surface area (TPSA) is 64.1 Å². The van der Waals surface area contributed by atoms with Gasteiger partial charge >= 0.3 is 0 Å². The number of ether oxygens (including phenoxy) is 3. The van der Waals surface area contributed by atoms with Crippen molar-refractivity contribution in [3.05, 3.63) is 59.4 Å². The number of hydrogen-bond acceptors (Lipinski definition) is 4. The number of nitrogens with one attached hydrogen (secondary N) is 2. The highest BCUT2D eigenvalue weighted by Gasteiger charge is 2.04. The summed E-state index contributed by atoms with van der Waals surface area (Å²) in [5.41, 5.74) is 1.87. The molecule has 0 amide bonds. The molecule has 2 aromatic carbocycles. The molecular formula is C22H30FN3O3. The van der Waals surface area contributed by atoms with Gasteiger partial charge in [0.15, 0.2) is 17.5 Å². The van der Waals surface area contributed by atoms with E-state index in [1.165, 1.54) is 13.2 Å². The maximum absolute atomic E-state index is 13.9. The molecule has 0 fully saturated rings. The van der Waals surface area contributed by atoms with E-state index in [-0.39, 0.29) is 5.75 Å². The fraction of sp³-hybridized carbons (Fsp3) is 0.409. The lowest BCUT2D eigenvalue weighted by Crippen LogP contribution is -2.37. The number of guanidine groups is 1. The lowest BCUT2D eigenvalue weighted by molar-refractivity contribution is 0.145. The van der Waals surface area contributed by atoms with E-state index in [0.29, 0.717) is 32.3 Å². The monoisotopic (exact) mass is 403 g/mol. The highest BCUT2D eigenvalue weighted by molar-refractivity contribution is 5.79. The van der Waals surface area contributed by atoms with E-state index in [4.69, 9.17) is 14.2 Å². The van der Waals surface area contributed by atoms with Gasteiger partial charge in [-0.2, -0.15) is 0 Å². The Kier molecular flexibility index (Phi) is 9.78. The molecule has 0 atom stereocenters. The van der Waals surface area contributed by atoms with Gasteiger partial charge in [-0.05, 0) is 48.7 Å². The summed E-state index contributed by atoms with van der Waals surface area (Å²) in [5, 5.41) is 6.61. The third-order valence-electron chi connectivity index (χ3n) is 4.22. The molecule has 0 saturated carbocycles. The summed E-state index contributed by atoms with van der Waals surface area (Å²) in [5.74, 6) is 1.31. The van der Waals surface area contributed by atoms with Crippen LogP contribution in [0.4, 0.5) is 4.39 Å². The SMILES string of the molecule is CCOCCCNC(=NCc1ccc(OC)c(F)c1)NCc1ccc(OC)cc1. The average Bonchev–Trinajstić information content (AvgIpc) is 2.75. The zero-order valence-electron chi connectivity index (χ0n) is 17.3. The maximum atomic E-state index is 13.9. The molecule has 0 aromatic heterocycles. The minimum atomic E-state index is -0.391. The molecule has 29 heavy (non-hydrogen) atoms. The molecule has 0 aliphatic heterocycles. The van der Waals surface area contributed by atoms with Crippen LogP contribution in [-0.2, 0) is 17.8 Å². The minimum absolute atomic E-state index is 0.227. The molecule has 0 bridgehead atoms. The molecule has 6 nitrogen and oxygen atoms in total. The Hall–Kier alpha value is -2.80. The average molecular weight is 403 g/mol. The molecule has 0 aliphatic rings. The van der Waals surface area contributed by atoms with Crippen LogP contribution < -0.4 is 20.1 Å². The third-order valence-corrected chi connectivity index (χ3v) is 4.22. The van der Waals surface area contributed by atoms with E-state index in [1.807, 2.05) is 37.3 Å². The molecule has 0 saturated heterocycles. The quantitative estimate of drug-likeness (QED) is 0.342. The first-order valence-electron chi connectivity index (χ1n) is 9.71. The highest BCUT2D eigenvalue weighted by Crippen LogP contribution is 2.18. The van der Waals surface area contributed by atoms with Crippen LogP contribution in [0, 0.1) is 5.82 Å². The summed E-state index contributed by atoms with van der Waals surface area (Å²) < 4.78 is 29.4. The van der Waals surface area contributed by atoms with Crippen LogP contribution in [0.1, 0.15) is 24.5 Å². The first kappa shape index (κ1) is 22.5. The van der Waals surface area contributed by atoms with Gasteiger partial charge in [0, 0.05) is 26.3 Å². The van der Waals surface area contributed by atoms with Gasteiger partial charge in [0.1, 0.15) is 5.75 Å². The largest absolute Gasteiger partial charge is 0.497 e. The normalized spacial score (nSPS) is 11.2. The molecule has 0 heterocycles. The number of hydrogen-bond donors (Lipinski definition) is 2. The number of rotatable bonds is 11. The summed E-state index contributed by atoms with van der Waals surface area (Å²) in [7, 11) is 3.09. The molecule has 0 radical (unpaired) electrons. The van der Waals surface area contributed by atoms with E-state index in [0.717, 1.165) is 29.8 Å². The number of halogens is 1. The maximum Gasteiger partial charge on any atom is 0.191 e. The standard InChI is InChI=1S/C22H30FN3O3/c1-4-29-13-5-12-24-22(25-15-17-6-9-19(27-2)10-7-17)26-16-18-8-11-21(28-3)20(23)14-18/h6-11,14H,4-5,12-13,15-16H2,1-3H3,(H2,24,25,26). The Morgan fingerprint density at radius 2 is 1.76 bits per heavy atom. The van der Waals surface area contributed by atoms with Crippen molar-refractivity contribution in [1.29, 1.82) is 0 Å². The molecule has 2 N–H and O–H groups in total. The van der Waals surface area contributed by atoms with Crippen LogP contribution >= 0.6 is 0 Å². The molecule has 158 valence electrons. The van der Waals surface area contributed by atoms with Gasteiger partial charge in [-0.15, -0.1) is 0 Å². The van der Waals surface area contributed by atoms with Crippen molar-refractivity contribution >= 4 is 5.96 Å². The summed E-state index contributed by atoms with van der Waals surface area (Å²) in [6.45, 7) is 5.07. The van der Waals surface area contributed by atoms with Crippen molar-refractivity contribution in [2.24, 2.45) is 4.99 Å². The Bertz CT molecular complexity index is 766. The fourth-order valence-electron chi connectivity index (χ4n) is 2.61. The number of methoxy groups -OCH3 is 2. The third kappa shape index (κ3) is 7.99. The van der Waals surface area contributed by atoms with Gasteiger partial charge in [0.25, 0.3) is 0 Å². The molecular weight excluding hydrogens is 373 g/mol. The van der Waals surface area contributed by atoms with Crippen LogP contribution in [-0.4, -0.2) is 39.9 Å². The summed E-state index contributed by atoms with van der Waals surface area (Å²) in [6.07, 6.45) is 0.869. The van der Waals surface area contributed by atoms with Gasteiger partial charge in [-0.3, -0.25) is 0 Å². The summed E-state index contributed by atoms with van der Waals surface area (Å²) in [6, 6.07) is 12.7. The smallest absolute Gasteiger partial charge is 0.191 e. The van der Waals surface area contributed by atoms with E-state index >= 15 is 0 Å². The first-order valence-corrected chi connectivity index (χ1v) is 9.71. The van der Waals surface area contributed by atoms with Crippen molar-refractivity contribution in [1.82, 2.24) is 10.6 Å². The van der Waals surface area contributed by atoms with Gasteiger partial charge in [0.2, 0.25) is 0 Å². The van der Waals surface area contributed by atoms with Gasteiger partial charge in [0.05, 0.1) is 20.8 Å². The lowest BCUT2D eigenvalue weighted by Gasteiger charge is -2.13. The van der Waals surface area contributed by atoms with Crippen molar-refractivity contribution in [2.45, 2.75) is 26.4 Å². The van der Waals surface area contributed by atoms with E-state index in [9.17, 15) is 4.39 Å². The Morgan fingerprint density at radius 3 is 2.41 bits per heavy atom. The van der Waals surface area contributed by atoms with E-state index in [2.05, 4.69) is 15.6 Å². The zero-order valence-corrected chi connectivity index (χ0v) is 17.3. The van der Waals surface area contributed by atoms with Crippen LogP contribution in [0.15, 0.2) is 47.5 Å². The summed E-state index contributed by atoms with van der Waals surface area (Å²) >= 11 is 0. The molecule has 2 aromatic rings. The zero-order chi connectivity index (χ0) is 20.9. The molecule has 0 unspecified atom stereocenters. The molecule has 0 spiro atoms. The van der Waals surface area contributed by atoms with Crippen molar-refractivity contribution in [3.8, 4) is 11.5 Å². The van der Waals surface area contributed by atoms with Crippen LogP contribution in [0.2, 0.25) is 0 Å². The molecule has 2 rings (SSSR count). The second kappa shape index (κ2) is 12.6. The van der Waals surface area contributed by atoms with Crippen LogP contribution in [0.3, 0.4) is 0 Å². The number of nitrogens with zero attached hydrogens (tertiary/aromatic N) is 1. The Morgan fingerprint density at radius 1 is 1.00 bits per heavy atom. The highest BCUT2D eigenvalue weighted by atomic mass is 19.1. The lowest BCUT2D eigenvalue weighted by atomic mass is 10.2. The fourth-order valence-corrected chi connectivity index (χ4v) is 2.61. The van der Waals surface area contributed by atoms with Crippen molar-refractivity contribution in [2.75, 3.05) is 34.0 Å². The second-order valence-corrected chi connectivity index (χ2v) is 6.31. The Labute approximate surface area is 172 Å². The first-order chi connectivity index (χ1) is 14.2. The number of aliphatic imine (C=N–C) groups is 1. The predicted octanol–water partition coefficient (Wildman–Crippen LogP) is 3.50. The number of benzene rings is 2. The predicted molar refractivity (Wildman–Crippen MR) is 113 cm³/mol. The van der Waals surface area contributed by atoms with Gasteiger partial charge in [-0.1, -0.05) is 18.2 Å². The van der Waals surface area contributed by atoms with Crippen LogP contribution in [0.5, 0.6) is 11.5 Å². The van der Waals surface area contributed by atoms with Crippen LogP contribution in [0.25, 0.3) is 0 Å².